The van der Waals surface area contributed by atoms with Crippen molar-refractivity contribution in [2.24, 2.45) is 0 Å². The van der Waals surface area contributed by atoms with Gasteiger partial charge >= 0.3 is 5.97 Å². The number of carboxylic acids is 1. The summed E-state index contributed by atoms with van der Waals surface area (Å²) in [5.41, 5.74) is 1.76. The second-order valence-corrected chi connectivity index (χ2v) is 6.30. The largest absolute Gasteiger partial charge is 0.478 e. The summed E-state index contributed by atoms with van der Waals surface area (Å²) in [5.74, 6) is -0.00942. The van der Waals surface area contributed by atoms with Crippen LogP contribution in [0, 0.1) is 13.8 Å². The molecule has 23 heavy (non-hydrogen) atoms. The highest BCUT2D eigenvalue weighted by Crippen LogP contribution is 2.31. The minimum Gasteiger partial charge on any atom is -0.478 e. The van der Waals surface area contributed by atoms with Crippen LogP contribution in [0.1, 0.15) is 20.9 Å². The van der Waals surface area contributed by atoms with Crippen molar-refractivity contribution in [3.05, 3.63) is 58.9 Å². The lowest BCUT2D eigenvalue weighted by Crippen LogP contribution is -1.98. The Balaban J connectivity index is 2.00. The van der Waals surface area contributed by atoms with Crippen LogP contribution in [0.15, 0.2) is 42.7 Å². The monoisotopic (exact) mass is 326 g/mol. The first-order chi connectivity index (χ1) is 11.0. The molecular formula is C17H14N2O3S. The number of hydrogen-bond donors (Lipinski definition) is 1. The number of thiazole rings is 1. The van der Waals surface area contributed by atoms with Crippen molar-refractivity contribution in [2.75, 3.05) is 0 Å². The Kier molecular flexibility index (Phi) is 4.08. The van der Waals surface area contributed by atoms with Crippen molar-refractivity contribution in [1.82, 2.24) is 9.97 Å². The number of carbonyl (C=O) groups is 1. The van der Waals surface area contributed by atoms with E-state index in [-0.39, 0.29) is 5.56 Å². The lowest BCUT2D eigenvalue weighted by molar-refractivity contribution is 0.0696. The fraction of sp³-hybridized carbons (Fsp3) is 0.118. The van der Waals surface area contributed by atoms with E-state index in [0.29, 0.717) is 11.5 Å². The molecule has 1 N–H and O–H groups in total. The van der Waals surface area contributed by atoms with Crippen molar-refractivity contribution >= 4 is 17.3 Å². The number of aromatic nitrogens is 2. The van der Waals surface area contributed by atoms with Gasteiger partial charge in [0, 0.05) is 22.3 Å². The van der Waals surface area contributed by atoms with Crippen molar-refractivity contribution in [3.8, 4) is 22.1 Å². The predicted octanol–water partition coefficient (Wildman–Crippen LogP) is 4.31. The van der Waals surface area contributed by atoms with E-state index in [0.717, 1.165) is 21.1 Å². The molecule has 0 saturated carbocycles. The summed E-state index contributed by atoms with van der Waals surface area (Å²) >= 11 is 1.51. The maximum atomic E-state index is 11.4. The molecule has 0 atom stereocenters. The highest BCUT2D eigenvalue weighted by molar-refractivity contribution is 7.14. The normalized spacial score (nSPS) is 10.5. The number of benzene rings is 1. The molecular weight excluding hydrogens is 312 g/mol. The van der Waals surface area contributed by atoms with Gasteiger partial charge in [-0.25, -0.2) is 9.78 Å². The van der Waals surface area contributed by atoms with Crippen LogP contribution in [-0.2, 0) is 0 Å². The smallest absolute Gasteiger partial charge is 0.335 e. The number of aromatic carboxylic acids is 1. The minimum atomic E-state index is -1.01. The fourth-order valence-corrected chi connectivity index (χ4v) is 2.80. The maximum Gasteiger partial charge on any atom is 0.335 e. The molecule has 1 aromatic carbocycles. The van der Waals surface area contributed by atoms with E-state index in [1.807, 2.05) is 19.9 Å². The topological polar surface area (TPSA) is 72.3 Å². The van der Waals surface area contributed by atoms with Crippen LogP contribution in [0.25, 0.3) is 10.6 Å². The predicted molar refractivity (Wildman–Crippen MR) is 88.3 cm³/mol. The fourth-order valence-electron chi connectivity index (χ4n) is 2.04. The van der Waals surface area contributed by atoms with Gasteiger partial charge in [0.15, 0.2) is 0 Å². The van der Waals surface area contributed by atoms with Gasteiger partial charge in [-0.05, 0) is 44.2 Å². The Morgan fingerprint density at radius 3 is 2.52 bits per heavy atom. The van der Waals surface area contributed by atoms with E-state index in [1.165, 1.54) is 17.4 Å². The third kappa shape index (κ3) is 3.54. The average molecular weight is 326 g/mol. The van der Waals surface area contributed by atoms with Crippen LogP contribution in [-0.4, -0.2) is 21.0 Å². The van der Waals surface area contributed by atoms with Gasteiger partial charge < -0.3 is 9.84 Å². The number of carboxylic acid groups (broad SMARTS) is 1. The minimum absolute atomic E-state index is 0.158. The maximum absolute atomic E-state index is 11.4. The Bertz CT molecular complexity index is 857. The molecule has 3 rings (SSSR count). The first-order valence-corrected chi connectivity index (χ1v) is 7.74. The molecule has 2 aromatic heterocycles. The molecule has 6 heteroatoms. The molecule has 0 amide bonds. The average Bonchev–Trinajstić information content (AvgIpc) is 2.96. The number of pyridine rings is 1. The molecule has 0 fully saturated rings. The summed E-state index contributed by atoms with van der Waals surface area (Å²) in [6, 6.07) is 8.50. The molecule has 0 aliphatic rings. The van der Waals surface area contributed by atoms with Gasteiger partial charge in [0.25, 0.3) is 0 Å². The summed E-state index contributed by atoms with van der Waals surface area (Å²) in [4.78, 5) is 20.9. The highest BCUT2D eigenvalue weighted by atomic mass is 32.1. The summed E-state index contributed by atoms with van der Waals surface area (Å²) < 4.78 is 5.74. The Morgan fingerprint density at radius 2 is 1.91 bits per heavy atom. The number of aryl methyl sites for hydroxylation is 2. The van der Waals surface area contributed by atoms with E-state index in [2.05, 4.69) is 9.97 Å². The zero-order chi connectivity index (χ0) is 16.4. The summed E-state index contributed by atoms with van der Waals surface area (Å²) in [5, 5.41) is 10.1. The van der Waals surface area contributed by atoms with E-state index in [4.69, 9.17) is 4.74 Å². The SMILES string of the molecule is Cc1ccc(Oc2cc(C(=O)O)cc(-c3ncc(C)s3)c2)cn1. The third-order valence-corrected chi connectivity index (χ3v) is 4.10. The summed E-state index contributed by atoms with van der Waals surface area (Å²) in [6.45, 7) is 3.84. The van der Waals surface area contributed by atoms with Gasteiger partial charge in [0.2, 0.25) is 0 Å². The lowest BCUT2D eigenvalue weighted by Gasteiger charge is -2.08. The second kappa shape index (κ2) is 6.18. The van der Waals surface area contributed by atoms with Crippen molar-refractivity contribution in [2.45, 2.75) is 13.8 Å². The number of nitrogens with zero attached hydrogens (tertiary/aromatic N) is 2. The highest BCUT2D eigenvalue weighted by Gasteiger charge is 2.12. The van der Waals surface area contributed by atoms with Gasteiger partial charge in [-0.1, -0.05) is 0 Å². The van der Waals surface area contributed by atoms with Gasteiger partial charge in [-0.2, -0.15) is 0 Å². The number of rotatable bonds is 4. The van der Waals surface area contributed by atoms with Crippen LogP contribution in [0.5, 0.6) is 11.5 Å². The molecule has 0 bridgehead atoms. The van der Waals surface area contributed by atoms with Crippen molar-refractivity contribution in [1.29, 1.82) is 0 Å². The van der Waals surface area contributed by atoms with E-state index in [1.54, 1.807) is 30.6 Å². The van der Waals surface area contributed by atoms with Gasteiger partial charge in [-0.3, -0.25) is 4.98 Å². The van der Waals surface area contributed by atoms with Crippen LogP contribution < -0.4 is 4.74 Å². The number of hydrogen-bond acceptors (Lipinski definition) is 5. The first kappa shape index (κ1) is 15.2. The van der Waals surface area contributed by atoms with Crippen LogP contribution in [0.4, 0.5) is 0 Å². The third-order valence-electron chi connectivity index (χ3n) is 3.14. The van der Waals surface area contributed by atoms with Crippen LogP contribution in [0.2, 0.25) is 0 Å². The van der Waals surface area contributed by atoms with E-state index < -0.39 is 5.97 Å². The van der Waals surface area contributed by atoms with E-state index >= 15 is 0 Å². The Labute approximate surface area is 137 Å². The lowest BCUT2D eigenvalue weighted by atomic mass is 10.1. The molecule has 5 nitrogen and oxygen atoms in total. The molecule has 0 unspecified atom stereocenters. The van der Waals surface area contributed by atoms with Crippen LogP contribution >= 0.6 is 11.3 Å². The molecule has 0 radical (unpaired) electrons. The first-order valence-electron chi connectivity index (χ1n) is 6.93. The van der Waals surface area contributed by atoms with Gasteiger partial charge in [0.1, 0.15) is 16.5 Å². The molecule has 2 heterocycles. The molecule has 3 aromatic rings. The van der Waals surface area contributed by atoms with Crippen molar-refractivity contribution < 1.29 is 14.6 Å². The van der Waals surface area contributed by atoms with Gasteiger partial charge in [-0.15, -0.1) is 11.3 Å². The number of ether oxygens (including phenoxy) is 1. The van der Waals surface area contributed by atoms with Crippen LogP contribution in [0.3, 0.4) is 0 Å². The van der Waals surface area contributed by atoms with E-state index in [9.17, 15) is 9.90 Å². The van der Waals surface area contributed by atoms with Crippen molar-refractivity contribution in [3.63, 3.8) is 0 Å². The zero-order valence-corrected chi connectivity index (χ0v) is 13.4. The molecule has 0 aliphatic carbocycles. The molecule has 0 spiro atoms. The summed E-state index contributed by atoms with van der Waals surface area (Å²) in [6.07, 6.45) is 3.37. The molecule has 116 valence electrons. The molecule has 0 saturated heterocycles. The van der Waals surface area contributed by atoms with Gasteiger partial charge in [0.05, 0.1) is 11.8 Å². The zero-order valence-electron chi connectivity index (χ0n) is 12.6. The standard InChI is InChI=1S/C17H14N2O3S/c1-10-3-4-14(9-18-10)22-15-6-12(5-13(7-15)17(20)21)16-19-8-11(2)23-16/h3-9H,1-2H3,(H,20,21). The Hall–Kier alpha value is -2.73. The second-order valence-electron chi connectivity index (χ2n) is 5.06. The molecule has 0 aliphatic heterocycles. The quantitative estimate of drug-likeness (QED) is 0.773. The summed E-state index contributed by atoms with van der Waals surface area (Å²) in [7, 11) is 0. The Morgan fingerprint density at radius 1 is 1.09 bits per heavy atom.